The van der Waals surface area contributed by atoms with Gasteiger partial charge in [-0.05, 0) is 178 Å². The number of aromatic nitrogens is 1. The van der Waals surface area contributed by atoms with Crippen LogP contribution < -0.4 is 4.90 Å². The maximum absolute atomic E-state index is 6.27. The normalized spacial score (nSPS) is 15.0. The van der Waals surface area contributed by atoms with Gasteiger partial charge < -0.3 is 13.9 Å². The molecule has 14 aromatic carbocycles. The Morgan fingerprint density at radius 3 is 1.57 bits per heavy atom. The summed E-state index contributed by atoms with van der Waals surface area (Å²) in [7, 11) is 0. The maximum atomic E-state index is 6.27. The van der Waals surface area contributed by atoms with Gasteiger partial charge in [-0.3, -0.25) is 0 Å². The molecule has 402 valence electrons. The molecule has 3 nitrogen and oxygen atoms in total. The van der Waals surface area contributed by atoms with E-state index in [2.05, 4.69) is 301 Å². The molecule has 20 rings (SSSR count). The summed E-state index contributed by atoms with van der Waals surface area (Å²) in [5.41, 5.74) is 30.9. The number of anilines is 3. The third-order valence-corrected chi connectivity index (χ3v) is 20.2. The van der Waals surface area contributed by atoms with Gasteiger partial charge in [0, 0.05) is 38.5 Å². The lowest BCUT2D eigenvalue weighted by molar-refractivity contribution is 0.669. The Labute approximate surface area is 502 Å². The van der Waals surface area contributed by atoms with Crippen LogP contribution in [-0.2, 0) is 10.8 Å². The summed E-state index contributed by atoms with van der Waals surface area (Å²) in [4.78, 5) is 2.50. The van der Waals surface area contributed by atoms with Crippen LogP contribution >= 0.6 is 0 Å². The molecule has 4 aliphatic rings. The van der Waals surface area contributed by atoms with E-state index >= 15 is 0 Å². The lowest BCUT2D eigenvalue weighted by atomic mass is 9.65. The van der Waals surface area contributed by atoms with Gasteiger partial charge in [0.15, 0.2) is 0 Å². The molecule has 0 N–H and O–H groups in total. The fourth-order valence-corrected chi connectivity index (χ4v) is 16.7. The van der Waals surface area contributed by atoms with E-state index in [9.17, 15) is 0 Å². The molecule has 0 bridgehead atoms. The summed E-state index contributed by atoms with van der Waals surface area (Å²) < 4.78 is 8.79. The standard InChI is InChI=1S/C84H50N2O/c1-7-24-68-59(17-1)60-18-2-8-25-69(60)83(68)71-27-10-4-22-66(71)81-73(83)29-16-33-78(81)85(57-42-37-51(38-43-57)55-41-46-80-67(49-55)64-21-6-14-34-79(64)87-80)58-44-39-53-47-52(35-36-54(53)48-58)56-40-45-62-61-19-3-9-26-70(61)84(75(62)50-56)72-28-11-13-32-77(72)86-76-31-12-5-20-63(76)65-23-15-30-74(84)82(65)86/h1-50H. The molecule has 2 aromatic heterocycles. The zero-order valence-corrected chi connectivity index (χ0v) is 47.2. The molecule has 1 aliphatic heterocycles. The second-order valence-corrected chi connectivity index (χ2v) is 24.2. The topological polar surface area (TPSA) is 21.3 Å². The Balaban J connectivity index is 0.755. The van der Waals surface area contributed by atoms with Crippen LogP contribution in [0.2, 0.25) is 0 Å². The first-order valence-electron chi connectivity index (χ1n) is 30.3. The summed E-state index contributed by atoms with van der Waals surface area (Å²) >= 11 is 0. The van der Waals surface area contributed by atoms with Gasteiger partial charge in [0.2, 0.25) is 0 Å². The summed E-state index contributed by atoms with van der Waals surface area (Å²) in [5.74, 6) is 0. The first kappa shape index (κ1) is 47.1. The van der Waals surface area contributed by atoms with Crippen molar-refractivity contribution >= 4 is 71.6 Å². The van der Waals surface area contributed by atoms with Crippen LogP contribution in [0.3, 0.4) is 0 Å². The smallest absolute Gasteiger partial charge is 0.135 e. The van der Waals surface area contributed by atoms with Gasteiger partial charge in [-0.15, -0.1) is 0 Å². The quantitative estimate of drug-likeness (QED) is 0.171. The second-order valence-electron chi connectivity index (χ2n) is 24.2. The van der Waals surface area contributed by atoms with E-state index in [1.165, 1.54) is 127 Å². The summed E-state index contributed by atoms with van der Waals surface area (Å²) in [5, 5.41) is 7.18. The number of furan rings is 1. The Bertz CT molecular complexity index is 5630. The van der Waals surface area contributed by atoms with Gasteiger partial charge >= 0.3 is 0 Å². The molecule has 1 atom stereocenters. The molecule has 0 fully saturated rings. The molecule has 0 radical (unpaired) electrons. The molecule has 1 unspecified atom stereocenters. The van der Waals surface area contributed by atoms with Gasteiger partial charge in [-0.25, -0.2) is 0 Å². The van der Waals surface area contributed by atoms with Gasteiger partial charge in [0.05, 0.1) is 33.2 Å². The molecular formula is C84H50N2O. The number of hydrogen-bond donors (Lipinski definition) is 0. The molecule has 3 heterocycles. The Kier molecular flexibility index (Phi) is 9.32. The minimum Gasteiger partial charge on any atom is -0.456 e. The highest BCUT2D eigenvalue weighted by Crippen LogP contribution is 2.66. The van der Waals surface area contributed by atoms with Crippen LogP contribution in [0.1, 0.15) is 44.5 Å². The minimum atomic E-state index is -0.527. The maximum Gasteiger partial charge on any atom is 0.135 e. The molecule has 0 saturated heterocycles. The predicted molar refractivity (Wildman–Crippen MR) is 358 cm³/mol. The van der Waals surface area contributed by atoms with E-state index in [0.29, 0.717) is 0 Å². The van der Waals surface area contributed by atoms with Gasteiger partial charge in [0.1, 0.15) is 11.2 Å². The lowest BCUT2D eigenvalue weighted by Crippen LogP contribution is -2.33. The van der Waals surface area contributed by atoms with Crippen molar-refractivity contribution in [2.24, 2.45) is 0 Å². The van der Waals surface area contributed by atoms with Crippen LogP contribution in [0.15, 0.2) is 308 Å². The Hall–Kier alpha value is -11.3. The zero-order valence-electron chi connectivity index (χ0n) is 47.2. The number of hydrogen-bond acceptors (Lipinski definition) is 2. The Morgan fingerprint density at radius 1 is 0.287 bits per heavy atom. The van der Waals surface area contributed by atoms with Gasteiger partial charge in [0.25, 0.3) is 0 Å². The van der Waals surface area contributed by atoms with Crippen LogP contribution in [0.4, 0.5) is 17.1 Å². The molecule has 87 heavy (non-hydrogen) atoms. The van der Waals surface area contributed by atoms with Gasteiger partial charge in [-0.2, -0.15) is 0 Å². The van der Waals surface area contributed by atoms with Crippen molar-refractivity contribution in [1.29, 1.82) is 0 Å². The third kappa shape index (κ3) is 6.05. The van der Waals surface area contributed by atoms with Crippen molar-refractivity contribution < 1.29 is 4.42 Å². The number of rotatable bonds is 5. The molecule has 3 heteroatoms. The summed E-state index contributed by atoms with van der Waals surface area (Å²) in [6, 6.07) is 114. The van der Waals surface area contributed by atoms with Crippen molar-refractivity contribution in [1.82, 2.24) is 4.57 Å². The summed E-state index contributed by atoms with van der Waals surface area (Å²) in [6.45, 7) is 0. The molecule has 2 spiro atoms. The number of benzene rings is 14. The first-order valence-corrected chi connectivity index (χ1v) is 30.3. The molecular weight excluding hydrogens is 1050 g/mol. The van der Waals surface area contributed by atoms with Crippen LogP contribution in [0.25, 0.3) is 116 Å². The number of fused-ring (bicyclic) bond motifs is 26. The highest BCUT2D eigenvalue weighted by atomic mass is 16.3. The average molecular weight is 1100 g/mol. The van der Waals surface area contributed by atoms with Crippen LogP contribution in [-0.4, -0.2) is 4.57 Å². The van der Waals surface area contributed by atoms with E-state index < -0.39 is 10.8 Å². The van der Waals surface area contributed by atoms with Crippen molar-refractivity contribution in [3.63, 3.8) is 0 Å². The minimum absolute atomic E-state index is 0.478. The third-order valence-electron chi connectivity index (χ3n) is 20.2. The largest absolute Gasteiger partial charge is 0.456 e. The SMILES string of the molecule is c1ccc2c(c1)-c1ccccc1C21c2ccccc2-c2c(N(c3ccc(-c4ccc5oc6ccccc6c5c4)cc3)c3ccc4cc(-c5ccc6c(c5)C5(c7ccccc7-6)c6ccccc6-n6c7ccccc7c7cccc5c76)ccc4c3)cccc21. The second kappa shape index (κ2) is 17.2. The highest BCUT2D eigenvalue weighted by Gasteiger charge is 2.53. The van der Waals surface area contributed by atoms with Crippen LogP contribution in [0.5, 0.6) is 0 Å². The zero-order chi connectivity index (χ0) is 56.7. The number of nitrogens with zero attached hydrogens (tertiary/aromatic N) is 2. The predicted octanol–water partition coefficient (Wildman–Crippen LogP) is 21.7. The van der Waals surface area contributed by atoms with Crippen molar-refractivity contribution in [2.75, 3.05) is 4.90 Å². The van der Waals surface area contributed by atoms with E-state index in [4.69, 9.17) is 4.42 Å². The fraction of sp³-hybridized carbons (Fsp3) is 0.0238. The van der Waals surface area contributed by atoms with E-state index in [1.807, 2.05) is 12.1 Å². The monoisotopic (exact) mass is 1100 g/mol. The lowest BCUT2D eigenvalue weighted by Gasteiger charge is -2.39. The van der Waals surface area contributed by atoms with E-state index in [0.717, 1.165) is 50.1 Å². The van der Waals surface area contributed by atoms with Crippen LogP contribution in [0, 0.1) is 0 Å². The first-order chi connectivity index (χ1) is 43.1. The summed E-state index contributed by atoms with van der Waals surface area (Å²) in [6.07, 6.45) is 0. The molecule has 16 aromatic rings. The molecule has 0 amide bonds. The van der Waals surface area contributed by atoms with Crippen molar-refractivity contribution in [3.05, 3.63) is 348 Å². The Morgan fingerprint density at radius 2 is 0.793 bits per heavy atom. The van der Waals surface area contributed by atoms with Crippen molar-refractivity contribution in [3.8, 4) is 61.3 Å². The number of para-hydroxylation sites is 4. The van der Waals surface area contributed by atoms with E-state index in [-0.39, 0.29) is 0 Å². The molecule has 0 saturated carbocycles. The highest BCUT2D eigenvalue weighted by molar-refractivity contribution is 6.13. The van der Waals surface area contributed by atoms with Crippen molar-refractivity contribution in [2.45, 2.75) is 10.8 Å². The van der Waals surface area contributed by atoms with E-state index in [1.54, 1.807) is 0 Å². The fourth-order valence-electron chi connectivity index (χ4n) is 16.7. The van der Waals surface area contributed by atoms with Gasteiger partial charge in [-0.1, -0.05) is 231 Å². The average Bonchev–Trinajstić information content (AvgIpc) is 1.59. The molecule has 3 aliphatic carbocycles.